The molecule has 1 N–H and O–H groups in total. The van der Waals surface area contributed by atoms with E-state index in [0.717, 1.165) is 12.8 Å². The average Bonchev–Trinajstić information content (AvgIpc) is 2.95. The quantitative estimate of drug-likeness (QED) is 0.836. The van der Waals surface area contributed by atoms with Crippen LogP contribution >= 0.6 is 0 Å². The van der Waals surface area contributed by atoms with Crippen molar-refractivity contribution in [1.29, 1.82) is 0 Å². The molecule has 10 heteroatoms. The minimum atomic E-state index is -3.17. The molecule has 0 radical (unpaired) electrons. The molecule has 0 aliphatic carbocycles. The summed E-state index contributed by atoms with van der Waals surface area (Å²) < 4.78 is 30.8. The van der Waals surface area contributed by atoms with E-state index in [1.165, 1.54) is 6.33 Å². The van der Waals surface area contributed by atoms with Gasteiger partial charge in [0.2, 0.25) is 10.0 Å². The van der Waals surface area contributed by atoms with Crippen molar-refractivity contribution in [2.75, 3.05) is 37.8 Å². The highest BCUT2D eigenvalue weighted by molar-refractivity contribution is 7.89. The minimum Gasteiger partial charge on any atom is -0.378 e. The molecule has 0 aromatic carbocycles. The number of nitrogens with zero attached hydrogens (tertiary/aromatic N) is 4. The lowest BCUT2D eigenvalue weighted by molar-refractivity contribution is 0.163. The topological polar surface area (TPSA) is 105 Å². The van der Waals surface area contributed by atoms with Gasteiger partial charge in [0, 0.05) is 38.9 Å². The molecular formula is C15H23N5O4S. The zero-order valence-corrected chi connectivity index (χ0v) is 15.0. The number of rotatable bonds is 4. The number of methoxy groups -OCH3 is 1. The van der Waals surface area contributed by atoms with Gasteiger partial charge >= 0.3 is 6.03 Å². The molecule has 1 unspecified atom stereocenters. The van der Waals surface area contributed by atoms with Gasteiger partial charge in [0.05, 0.1) is 18.1 Å². The highest BCUT2D eigenvalue weighted by atomic mass is 32.2. The van der Waals surface area contributed by atoms with Crippen LogP contribution in [0.4, 0.5) is 10.6 Å². The van der Waals surface area contributed by atoms with Crippen LogP contribution in [0.25, 0.3) is 0 Å². The summed E-state index contributed by atoms with van der Waals surface area (Å²) >= 11 is 0. The van der Waals surface area contributed by atoms with E-state index in [9.17, 15) is 13.2 Å². The molecule has 3 rings (SSSR count). The van der Waals surface area contributed by atoms with Crippen molar-refractivity contribution in [2.24, 2.45) is 0 Å². The van der Waals surface area contributed by atoms with Crippen molar-refractivity contribution in [3.8, 4) is 0 Å². The molecule has 138 valence electrons. The molecule has 2 aliphatic heterocycles. The first-order valence-electron chi connectivity index (χ1n) is 8.35. The molecule has 2 amide bonds. The van der Waals surface area contributed by atoms with E-state index in [4.69, 9.17) is 4.74 Å². The van der Waals surface area contributed by atoms with Gasteiger partial charge in [-0.3, -0.25) is 5.32 Å². The lowest BCUT2D eigenvalue weighted by Gasteiger charge is -2.36. The number of anilines is 1. The van der Waals surface area contributed by atoms with Crippen LogP contribution in [0, 0.1) is 0 Å². The van der Waals surface area contributed by atoms with Gasteiger partial charge in [0.1, 0.15) is 12.1 Å². The number of piperidine rings is 1. The fraction of sp³-hybridized carbons (Fsp3) is 0.667. The maximum absolute atomic E-state index is 12.5. The number of hydrogen-bond donors (Lipinski definition) is 1. The molecule has 25 heavy (non-hydrogen) atoms. The number of hydrogen-bond acceptors (Lipinski definition) is 6. The Labute approximate surface area is 147 Å². The van der Waals surface area contributed by atoms with E-state index in [1.54, 1.807) is 22.4 Å². The van der Waals surface area contributed by atoms with Crippen molar-refractivity contribution in [2.45, 2.75) is 31.9 Å². The summed E-state index contributed by atoms with van der Waals surface area (Å²) in [6.45, 7) is 1.89. The number of likely N-dealkylation sites (tertiary alicyclic amines) is 1. The molecule has 9 nitrogen and oxygen atoms in total. The van der Waals surface area contributed by atoms with Crippen LogP contribution in [-0.2, 0) is 21.4 Å². The van der Waals surface area contributed by atoms with E-state index in [2.05, 4.69) is 15.3 Å². The predicted octanol–water partition coefficient (Wildman–Crippen LogP) is 0.655. The van der Waals surface area contributed by atoms with Crippen molar-refractivity contribution in [3.05, 3.63) is 18.1 Å². The zero-order chi connectivity index (χ0) is 17.9. The highest BCUT2D eigenvalue weighted by Crippen LogP contribution is 2.24. The Morgan fingerprint density at radius 3 is 2.92 bits per heavy atom. The Bertz CT molecular complexity index is 726. The number of ether oxygens (including phenoxy) is 1. The summed E-state index contributed by atoms with van der Waals surface area (Å²) in [6.07, 6.45) is 3.60. The highest BCUT2D eigenvalue weighted by Gasteiger charge is 2.37. The second kappa shape index (κ2) is 7.63. The number of urea groups is 1. The largest absolute Gasteiger partial charge is 0.378 e. The van der Waals surface area contributed by atoms with Crippen LogP contribution in [0.5, 0.6) is 0 Å². The first kappa shape index (κ1) is 18.0. The molecule has 3 heterocycles. The monoisotopic (exact) mass is 369 g/mol. The molecule has 1 aromatic heterocycles. The molecule has 1 aromatic rings. The predicted molar refractivity (Wildman–Crippen MR) is 91.5 cm³/mol. The average molecular weight is 369 g/mol. The van der Waals surface area contributed by atoms with Gasteiger partial charge in [0.15, 0.2) is 0 Å². The Kier molecular flexibility index (Phi) is 5.50. The molecule has 2 aliphatic rings. The standard InChI is InChI=1S/C15H23N5O4S/c1-24-10-12-8-14(17-11-16-12)18-15(21)19-5-2-4-13(9-19)20-6-3-7-25(20,22)23/h8,11,13H,2-7,9-10H2,1H3,(H,16,17,18,21). The third-order valence-electron chi connectivity index (χ3n) is 4.48. The van der Waals surface area contributed by atoms with Gasteiger partial charge in [-0.2, -0.15) is 4.31 Å². The number of carbonyl (C=O) groups excluding carboxylic acids is 1. The molecule has 0 bridgehead atoms. The maximum Gasteiger partial charge on any atom is 0.323 e. The third kappa shape index (κ3) is 4.25. The fourth-order valence-electron chi connectivity index (χ4n) is 3.32. The van der Waals surface area contributed by atoms with E-state index < -0.39 is 10.0 Å². The van der Waals surface area contributed by atoms with Crippen molar-refractivity contribution < 1.29 is 17.9 Å². The van der Waals surface area contributed by atoms with Gasteiger partial charge in [-0.05, 0) is 19.3 Å². The Hall–Kier alpha value is -1.78. The van der Waals surface area contributed by atoms with Gasteiger partial charge in [-0.25, -0.2) is 23.2 Å². The van der Waals surface area contributed by atoms with Crippen molar-refractivity contribution in [3.63, 3.8) is 0 Å². The number of amides is 2. The number of carbonyl (C=O) groups is 1. The SMILES string of the molecule is COCc1cc(NC(=O)N2CCCC(N3CCCS3(=O)=O)C2)ncn1. The summed E-state index contributed by atoms with van der Waals surface area (Å²) in [5.74, 6) is 0.613. The van der Waals surface area contributed by atoms with E-state index in [1.807, 2.05) is 0 Å². The van der Waals surface area contributed by atoms with Crippen LogP contribution in [0.2, 0.25) is 0 Å². The Morgan fingerprint density at radius 1 is 1.36 bits per heavy atom. The second-order valence-electron chi connectivity index (χ2n) is 6.28. The van der Waals surface area contributed by atoms with E-state index in [0.29, 0.717) is 44.2 Å². The van der Waals surface area contributed by atoms with Gasteiger partial charge in [-0.15, -0.1) is 0 Å². The normalized spacial score (nSPS) is 23.6. The number of nitrogens with one attached hydrogen (secondary N) is 1. The van der Waals surface area contributed by atoms with Crippen LogP contribution < -0.4 is 5.32 Å². The van der Waals surface area contributed by atoms with Gasteiger partial charge < -0.3 is 9.64 Å². The van der Waals surface area contributed by atoms with Crippen LogP contribution in [-0.4, -0.2) is 72.2 Å². The Balaban J connectivity index is 1.63. The number of sulfonamides is 1. The summed E-state index contributed by atoms with van der Waals surface area (Å²) in [5.41, 5.74) is 0.674. The zero-order valence-electron chi connectivity index (χ0n) is 14.2. The lowest BCUT2D eigenvalue weighted by atomic mass is 10.1. The first-order chi connectivity index (χ1) is 12.0. The molecule has 0 spiro atoms. The van der Waals surface area contributed by atoms with Crippen molar-refractivity contribution >= 4 is 21.9 Å². The molecule has 2 fully saturated rings. The summed E-state index contributed by atoms with van der Waals surface area (Å²) in [6, 6.07) is 1.25. The first-order valence-corrected chi connectivity index (χ1v) is 9.96. The van der Waals surface area contributed by atoms with Crippen molar-refractivity contribution in [1.82, 2.24) is 19.2 Å². The van der Waals surface area contributed by atoms with Crippen LogP contribution in [0.1, 0.15) is 25.0 Å². The minimum absolute atomic E-state index is 0.138. The summed E-state index contributed by atoms with van der Waals surface area (Å²) in [4.78, 5) is 22.3. The smallest absolute Gasteiger partial charge is 0.323 e. The van der Waals surface area contributed by atoms with E-state index in [-0.39, 0.29) is 17.8 Å². The van der Waals surface area contributed by atoms with E-state index >= 15 is 0 Å². The number of aromatic nitrogens is 2. The Morgan fingerprint density at radius 2 is 2.20 bits per heavy atom. The van der Waals surface area contributed by atoms with Gasteiger partial charge in [-0.1, -0.05) is 0 Å². The maximum atomic E-state index is 12.5. The molecule has 1 atom stereocenters. The summed E-state index contributed by atoms with van der Waals surface area (Å²) in [7, 11) is -1.60. The third-order valence-corrected chi connectivity index (χ3v) is 6.48. The van der Waals surface area contributed by atoms with Crippen LogP contribution in [0.15, 0.2) is 12.4 Å². The molecule has 0 saturated carbocycles. The lowest BCUT2D eigenvalue weighted by Crippen LogP contribution is -2.51. The van der Waals surface area contributed by atoms with Crippen LogP contribution in [0.3, 0.4) is 0 Å². The summed E-state index contributed by atoms with van der Waals surface area (Å²) in [5, 5.41) is 2.75. The fourth-order valence-corrected chi connectivity index (χ4v) is 5.09. The van der Waals surface area contributed by atoms with Gasteiger partial charge in [0.25, 0.3) is 0 Å². The second-order valence-corrected chi connectivity index (χ2v) is 8.32. The molecule has 2 saturated heterocycles. The molecular weight excluding hydrogens is 346 g/mol.